The number of likely N-dealkylation sites (N-methyl/N-ethyl adjacent to an activating group) is 1. The summed E-state index contributed by atoms with van der Waals surface area (Å²) in [6, 6.07) is 6.01. The Morgan fingerprint density at radius 1 is 1.33 bits per heavy atom. The van der Waals surface area contributed by atoms with Crippen LogP contribution in [0.15, 0.2) is 29.2 Å². The number of thioether (sulfide) groups is 1. The van der Waals surface area contributed by atoms with Crippen molar-refractivity contribution in [3.63, 3.8) is 0 Å². The number of halogens is 1. The van der Waals surface area contributed by atoms with Crippen molar-refractivity contribution in [3.05, 3.63) is 46.1 Å². The van der Waals surface area contributed by atoms with E-state index in [1.165, 1.54) is 47.2 Å². The van der Waals surface area contributed by atoms with Gasteiger partial charge in [-0.1, -0.05) is 0 Å². The summed E-state index contributed by atoms with van der Waals surface area (Å²) in [4.78, 5) is 28.1. The van der Waals surface area contributed by atoms with E-state index in [1.54, 1.807) is 12.1 Å². The maximum atomic E-state index is 13.0. The van der Waals surface area contributed by atoms with Crippen LogP contribution in [0.4, 0.5) is 9.39 Å². The second kappa shape index (κ2) is 8.86. The molecule has 1 aromatic carbocycles. The molecular weight excluding hydrogens is 387 g/mol. The molecule has 8 heteroatoms. The van der Waals surface area contributed by atoms with Gasteiger partial charge >= 0.3 is 5.97 Å². The number of quaternary nitrogens is 1. The average Bonchev–Trinajstić information content (AvgIpc) is 3.03. The van der Waals surface area contributed by atoms with Gasteiger partial charge in [0.15, 0.2) is 0 Å². The first-order valence-corrected chi connectivity index (χ1v) is 10.6. The maximum Gasteiger partial charge on any atom is 0.341 e. The topological polar surface area (TPSA) is 59.8 Å². The SMILES string of the molecule is CC[NH+]1CCc2c(sc(NC(=O)CSc3ccc(F)cc3)c2C(=O)OC)C1. The van der Waals surface area contributed by atoms with Crippen LogP contribution in [0.1, 0.15) is 27.7 Å². The Balaban J connectivity index is 1.73. The normalized spacial score (nSPS) is 15.9. The van der Waals surface area contributed by atoms with Gasteiger partial charge in [0.2, 0.25) is 5.91 Å². The second-order valence-electron chi connectivity index (χ2n) is 6.27. The summed E-state index contributed by atoms with van der Waals surface area (Å²) in [7, 11) is 1.36. The van der Waals surface area contributed by atoms with Crippen LogP contribution in [0.3, 0.4) is 0 Å². The summed E-state index contributed by atoms with van der Waals surface area (Å²) < 4.78 is 17.9. The monoisotopic (exact) mass is 409 g/mol. The highest BCUT2D eigenvalue weighted by Gasteiger charge is 2.30. The number of hydrogen-bond donors (Lipinski definition) is 2. The first kappa shape index (κ1) is 19.9. The van der Waals surface area contributed by atoms with E-state index in [-0.39, 0.29) is 17.5 Å². The zero-order valence-corrected chi connectivity index (χ0v) is 16.9. The molecule has 1 aliphatic rings. The predicted molar refractivity (Wildman–Crippen MR) is 105 cm³/mol. The van der Waals surface area contributed by atoms with Crippen LogP contribution < -0.4 is 10.2 Å². The summed E-state index contributed by atoms with van der Waals surface area (Å²) in [6.07, 6.45) is 0.805. The number of carbonyl (C=O) groups excluding carboxylic acids is 2. The van der Waals surface area contributed by atoms with E-state index in [2.05, 4.69) is 12.2 Å². The lowest BCUT2D eigenvalue weighted by atomic mass is 10.0. The van der Waals surface area contributed by atoms with Crippen LogP contribution in [0.25, 0.3) is 0 Å². The highest BCUT2D eigenvalue weighted by atomic mass is 32.2. The molecule has 0 spiro atoms. The largest absolute Gasteiger partial charge is 0.465 e. The number of benzene rings is 1. The molecule has 3 rings (SSSR count). The third-order valence-corrected chi connectivity index (χ3v) is 6.72. The maximum absolute atomic E-state index is 13.0. The molecule has 0 saturated carbocycles. The van der Waals surface area contributed by atoms with Gasteiger partial charge in [-0.15, -0.1) is 23.1 Å². The molecule has 2 N–H and O–H groups in total. The van der Waals surface area contributed by atoms with E-state index in [4.69, 9.17) is 4.74 Å². The standard InChI is InChI=1S/C19H21FN2O3S2/c1-3-22-9-8-14-15(10-22)27-18(17(14)19(24)25-2)21-16(23)11-26-13-6-4-12(20)5-7-13/h4-7H,3,8-11H2,1-2H3,(H,21,23)/p+1. The molecule has 5 nitrogen and oxygen atoms in total. The van der Waals surface area contributed by atoms with Crippen LogP contribution in [0, 0.1) is 5.82 Å². The molecule has 1 aromatic heterocycles. The molecule has 0 radical (unpaired) electrons. The lowest BCUT2D eigenvalue weighted by molar-refractivity contribution is -0.913. The number of thiophene rings is 1. The van der Waals surface area contributed by atoms with Crippen molar-refractivity contribution >= 4 is 40.0 Å². The molecule has 144 valence electrons. The molecule has 1 atom stereocenters. The van der Waals surface area contributed by atoms with E-state index in [0.717, 1.165) is 41.4 Å². The van der Waals surface area contributed by atoms with Crippen molar-refractivity contribution in [1.82, 2.24) is 0 Å². The highest BCUT2D eigenvalue weighted by molar-refractivity contribution is 8.00. The Bertz CT molecular complexity index is 836. The van der Waals surface area contributed by atoms with Gasteiger partial charge in [0.1, 0.15) is 17.4 Å². The van der Waals surface area contributed by atoms with Crippen LogP contribution in [0.5, 0.6) is 0 Å². The number of carbonyl (C=O) groups is 2. The highest BCUT2D eigenvalue weighted by Crippen LogP contribution is 2.35. The number of rotatable bonds is 6. The molecular formula is C19H22FN2O3S2+. The van der Waals surface area contributed by atoms with Crippen LogP contribution in [-0.4, -0.2) is 37.8 Å². The van der Waals surface area contributed by atoms with Crippen molar-refractivity contribution in [2.75, 3.05) is 31.3 Å². The molecule has 0 aliphatic carbocycles. The van der Waals surface area contributed by atoms with Gasteiger partial charge in [-0.3, -0.25) is 4.79 Å². The van der Waals surface area contributed by atoms with Gasteiger partial charge in [0.05, 0.1) is 36.4 Å². The van der Waals surface area contributed by atoms with E-state index >= 15 is 0 Å². The quantitative estimate of drug-likeness (QED) is 0.568. The van der Waals surface area contributed by atoms with Gasteiger partial charge in [0.25, 0.3) is 0 Å². The molecule has 27 heavy (non-hydrogen) atoms. The summed E-state index contributed by atoms with van der Waals surface area (Å²) in [6.45, 7) is 5.00. The minimum Gasteiger partial charge on any atom is -0.465 e. The summed E-state index contributed by atoms with van der Waals surface area (Å²) >= 11 is 2.79. The number of fused-ring (bicyclic) bond motifs is 1. The second-order valence-corrected chi connectivity index (χ2v) is 8.42. The fraction of sp³-hybridized carbons (Fsp3) is 0.368. The van der Waals surface area contributed by atoms with E-state index in [9.17, 15) is 14.0 Å². The molecule has 0 bridgehead atoms. The van der Waals surface area contributed by atoms with E-state index in [1.807, 2.05) is 0 Å². The Hall–Kier alpha value is -1.90. The number of methoxy groups -OCH3 is 1. The summed E-state index contributed by atoms with van der Waals surface area (Å²) in [5.74, 6) is -0.734. The van der Waals surface area contributed by atoms with Crippen molar-refractivity contribution in [2.45, 2.75) is 24.8 Å². The van der Waals surface area contributed by atoms with E-state index in [0.29, 0.717) is 10.6 Å². The number of anilines is 1. The third-order valence-electron chi connectivity index (χ3n) is 4.56. The molecule has 1 aliphatic heterocycles. The first-order valence-electron chi connectivity index (χ1n) is 8.76. The van der Waals surface area contributed by atoms with Crippen LogP contribution in [0.2, 0.25) is 0 Å². The van der Waals surface area contributed by atoms with Gasteiger partial charge < -0.3 is 15.0 Å². The first-order chi connectivity index (χ1) is 13.0. The fourth-order valence-electron chi connectivity index (χ4n) is 3.09. The van der Waals surface area contributed by atoms with Crippen LogP contribution in [-0.2, 0) is 22.5 Å². The minimum atomic E-state index is -0.408. The molecule has 0 saturated heterocycles. The van der Waals surface area contributed by atoms with Crippen molar-refractivity contribution in [3.8, 4) is 0 Å². The summed E-state index contributed by atoms with van der Waals surface area (Å²) in [5.41, 5.74) is 1.50. The number of hydrogen-bond acceptors (Lipinski definition) is 5. The number of esters is 1. The van der Waals surface area contributed by atoms with Gasteiger partial charge in [-0.05, 0) is 36.8 Å². The molecule has 1 unspecified atom stereocenters. The molecule has 0 fully saturated rings. The minimum absolute atomic E-state index is 0.182. The van der Waals surface area contributed by atoms with Gasteiger partial charge in [-0.2, -0.15) is 0 Å². The Morgan fingerprint density at radius 3 is 2.74 bits per heavy atom. The zero-order valence-electron chi connectivity index (χ0n) is 15.3. The summed E-state index contributed by atoms with van der Waals surface area (Å²) in [5, 5.41) is 3.44. The Labute approximate surface area is 165 Å². The zero-order chi connectivity index (χ0) is 19.4. The number of amides is 1. The van der Waals surface area contributed by atoms with Gasteiger partial charge in [0, 0.05) is 11.3 Å². The van der Waals surface area contributed by atoms with Crippen molar-refractivity contribution in [1.29, 1.82) is 0 Å². The molecule has 2 aromatic rings. The number of nitrogens with one attached hydrogen (secondary N) is 2. The smallest absolute Gasteiger partial charge is 0.341 e. The average molecular weight is 410 g/mol. The molecule has 1 amide bonds. The van der Waals surface area contributed by atoms with Crippen molar-refractivity contribution < 1.29 is 23.6 Å². The molecule has 2 heterocycles. The van der Waals surface area contributed by atoms with Crippen molar-refractivity contribution in [2.24, 2.45) is 0 Å². The predicted octanol–water partition coefficient (Wildman–Crippen LogP) is 2.37. The lowest BCUT2D eigenvalue weighted by Crippen LogP contribution is -3.11. The Kier molecular flexibility index (Phi) is 6.51. The third kappa shape index (κ3) is 4.69. The van der Waals surface area contributed by atoms with E-state index < -0.39 is 5.97 Å². The van der Waals surface area contributed by atoms with Crippen LogP contribution >= 0.6 is 23.1 Å². The lowest BCUT2D eigenvalue weighted by Gasteiger charge is -2.22. The van der Waals surface area contributed by atoms with Gasteiger partial charge in [-0.25, -0.2) is 9.18 Å². The number of ether oxygens (including phenoxy) is 1. The fourth-order valence-corrected chi connectivity index (χ4v) is 5.11. The Morgan fingerprint density at radius 2 is 2.07 bits per heavy atom.